The molecular weight excluding hydrogens is 412 g/mol. The lowest BCUT2D eigenvalue weighted by Gasteiger charge is -2.39. The maximum Gasteiger partial charge on any atom is 0.138 e. The molecule has 1 aliphatic carbocycles. The van der Waals surface area contributed by atoms with Gasteiger partial charge in [-0.1, -0.05) is 12.1 Å². The average Bonchev–Trinajstić information content (AvgIpc) is 3.46. The van der Waals surface area contributed by atoms with Gasteiger partial charge in [0.1, 0.15) is 11.5 Å². The van der Waals surface area contributed by atoms with Crippen LogP contribution in [0, 0.1) is 0 Å². The molecule has 0 amide bonds. The van der Waals surface area contributed by atoms with Crippen molar-refractivity contribution < 1.29 is 5.11 Å². The lowest BCUT2D eigenvalue weighted by molar-refractivity contribution is 0.203. The number of imidazole rings is 1. The van der Waals surface area contributed by atoms with Crippen LogP contribution in [-0.2, 0) is 19.6 Å². The van der Waals surface area contributed by atoms with Gasteiger partial charge in [0.05, 0.1) is 29.7 Å². The lowest BCUT2D eigenvalue weighted by atomic mass is 9.91. The van der Waals surface area contributed by atoms with Gasteiger partial charge in [0.2, 0.25) is 0 Å². The van der Waals surface area contributed by atoms with Crippen LogP contribution in [0.25, 0.3) is 5.65 Å². The first-order chi connectivity index (χ1) is 16.2. The Labute approximate surface area is 195 Å². The molecule has 0 saturated carbocycles. The van der Waals surface area contributed by atoms with Gasteiger partial charge in [-0.15, -0.1) is 0 Å². The molecular formula is C26H34N6O. The Balaban J connectivity index is 1.31. The molecule has 2 aliphatic heterocycles. The van der Waals surface area contributed by atoms with E-state index in [1.807, 2.05) is 12.3 Å². The molecule has 2 fully saturated rings. The van der Waals surface area contributed by atoms with Gasteiger partial charge in [0.15, 0.2) is 0 Å². The van der Waals surface area contributed by atoms with Crippen LogP contribution < -0.4 is 4.90 Å². The van der Waals surface area contributed by atoms with E-state index in [1.54, 1.807) is 0 Å². The van der Waals surface area contributed by atoms with Crippen molar-refractivity contribution in [1.29, 1.82) is 0 Å². The maximum atomic E-state index is 10.4. The standard InChI is InChI=1S/C26H34N6O/c1-29(22-9-2-6-19-7-4-12-27-26(19)22)17-21-23(18-33)32-24(28-21)10-3-11-25(32)31-15-14-30-13-5-8-20(30)16-31/h3-4,7,10-12,20,22,33H,2,5-6,8-9,13-18H2,1H3/t20?,22-/m0/s1. The Morgan fingerprint density at radius 1 is 1.09 bits per heavy atom. The summed E-state index contributed by atoms with van der Waals surface area (Å²) >= 11 is 0. The van der Waals surface area contributed by atoms with Crippen molar-refractivity contribution >= 4 is 11.5 Å². The fraction of sp³-hybridized carbons (Fsp3) is 0.538. The average molecular weight is 447 g/mol. The Morgan fingerprint density at radius 2 is 2.03 bits per heavy atom. The molecule has 1 unspecified atom stereocenters. The summed E-state index contributed by atoms with van der Waals surface area (Å²) in [5.41, 5.74) is 5.38. The third-order valence-corrected chi connectivity index (χ3v) is 7.96. The molecule has 5 heterocycles. The van der Waals surface area contributed by atoms with Crippen LogP contribution in [0.4, 0.5) is 5.82 Å². The molecule has 33 heavy (non-hydrogen) atoms. The summed E-state index contributed by atoms with van der Waals surface area (Å²) in [6, 6.07) is 11.6. The number of rotatable bonds is 5. The number of hydrogen-bond donors (Lipinski definition) is 1. The zero-order valence-corrected chi connectivity index (χ0v) is 19.5. The predicted octanol–water partition coefficient (Wildman–Crippen LogP) is 3.02. The maximum absolute atomic E-state index is 10.4. The van der Waals surface area contributed by atoms with Gasteiger partial charge >= 0.3 is 0 Å². The highest BCUT2D eigenvalue weighted by Gasteiger charge is 2.32. The Bertz CT molecular complexity index is 1140. The third-order valence-electron chi connectivity index (χ3n) is 7.96. The van der Waals surface area contributed by atoms with Gasteiger partial charge in [-0.3, -0.25) is 19.2 Å². The highest BCUT2D eigenvalue weighted by atomic mass is 16.3. The van der Waals surface area contributed by atoms with Crippen molar-refractivity contribution in [3.63, 3.8) is 0 Å². The van der Waals surface area contributed by atoms with E-state index in [2.05, 4.69) is 50.4 Å². The number of nitrogens with zero attached hydrogens (tertiary/aromatic N) is 6. The smallest absolute Gasteiger partial charge is 0.138 e. The van der Waals surface area contributed by atoms with Gasteiger partial charge < -0.3 is 10.0 Å². The highest BCUT2D eigenvalue weighted by molar-refractivity contribution is 5.55. The van der Waals surface area contributed by atoms with Crippen LogP contribution in [0.2, 0.25) is 0 Å². The van der Waals surface area contributed by atoms with E-state index >= 15 is 0 Å². The quantitative estimate of drug-likeness (QED) is 0.650. The van der Waals surface area contributed by atoms with Gasteiger partial charge in [0, 0.05) is 38.4 Å². The molecule has 7 heteroatoms. The second kappa shape index (κ2) is 8.70. The number of fused-ring (bicyclic) bond motifs is 3. The summed E-state index contributed by atoms with van der Waals surface area (Å²) in [5, 5.41) is 10.4. The molecule has 6 rings (SSSR count). The Kier molecular flexibility index (Phi) is 5.56. The first kappa shape index (κ1) is 21.1. The third kappa shape index (κ3) is 3.72. The molecule has 7 nitrogen and oxygen atoms in total. The van der Waals surface area contributed by atoms with Gasteiger partial charge in [-0.05, 0) is 69.5 Å². The van der Waals surface area contributed by atoms with Crippen LogP contribution in [0.1, 0.15) is 54.4 Å². The second-order valence-corrected chi connectivity index (χ2v) is 9.89. The van der Waals surface area contributed by atoms with Gasteiger partial charge in [0.25, 0.3) is 0 Å². The molecule has 3 aromatic rings. The van der Waals surface area contributed by atoms with Gasteiger partial charge in [-0.2, -0.15) is 0 Å². The molecule has 0 aromatic carbocycles. The number of aliphatic hydroxyl groups is 1. The Morgan fingerprint density at radius 3 is 2.94 bits per heavy atom. The fourth-order valence-corrected chi connectivity index (χ4v) is 6.28. The van der Waals surface area contributed by atoms with Crippen LogP contribution >= 0.6 is 0 Å². The second-order valence-electron chi connectivity index (χ2n) is 9.89. The van der Waals surface area contributed by atoms with Crippen molar-refractivity contribution in [2.45, 2.75) is 57.3 Å². The molecule has 2 saturated heterocycles. The molecule has 2 atom stereocenters. The predicted molar refractivity (Wildman–Crippen MR) is 129 cm³/mol. The van der Waals surface area contributed by atoms with Crippen LogP contribution in [0.15, 0.2) is 36.5 Å². The SMILES string of the molecule is CN(Cc1nc2cccc(N3CCN4CCCC4C3)n2c1CO)[C@H]1CCCc2cccnc21. The van der Waals surface area contributed by atoms with Crippen LogP contribution in [-0.4, -0.2) is 68.5 Å². The lowest BCUT2D eigenvalue weighted by Crippen LogP contribution is -2.50. The summed E-state index contributed by atoms with van der Waals surface area (Å²) < 4.78 is 2.20. The molecule has 0 spiro atoms. The van der Waals surface area contributed by atoms with E-state index < -0.39 is 0 Å². The minimum Gasteiger partial charge on any atom is -0.390 e. The number of piperazine rings is 1. The molecule has 3 aliphatic rings. The summed E-state index contributed by atoms with van der Waals surface area (Å²) in [5.74, 6) is 1.16. The van der Waals surface area contributed by atoms with Gasteiger partial charge in [-0.25, -0.2) is 4.98 Å². The largest absolute Gasteiger partial charge is 0.390 e. The van der Waals surface area contributed by atoms with Crippen molar-refractivity contribution in [2.75, 3.05) is 38.1 Å². The van der Waals surface area contributed by atoms with Crippen molar-refractivity contribution in [1.82, 2.24) is 24.2 Å². The van der Waals surface area contributed by atoms with E-state index in [0.717, 1.165) is 55.3 Å². The summed E-state index contributed by atoms with van der Waals surface area (Å²) in [4.78, 5) is 17.2. The summed E-state index contributed by atoms with van der Waals surface area (Å²) in [6.07, 6.45) is 7.91. The number of aryl methyl sites for hydroxylation is 1. The van der Waals surface area contributed by atoms with Crippen LogP contribution in [0.5, 0.6) is 0 Å². The summed E-state index contributed by atoms with van der Waals surface area (Å²) in [7, 11) is 2.17. The first-order valence-corrected chi connectivity index (χ1v) is 12.5. The van der Waals surface area contributed by atoms with Crippen molar-refractivity contribution in [2.24, 2.45) is 0 Å². The number of anilines is 1. The van der Waals surface area contributed by atoms with Crippen molar-refractivity contribution in [3.8, 4) is 0 Å². The molecule has 1 N–H and O–H groups in total. The zero-order chi connectivity index (χ0) is 22.4. The minimum absolute atomic E-state index is 0.00967. The van der Waals surface area contributed by atoms with E-state index in [0.29, 0.717) is 18.6 Å². The molecule has 0 bridgehead atoms. The number of aliphatic hydroxyl groups excluding tert-OH is 1. The summed E-state index contributed by atoms with van der Waals surface area (Å²) in [6.45, 7) is 5.14. The number of aromatic nitrogens is 3. The normalized spacial score (nSPS) is 23.3. The Hall–Kier alpha value is -2.48. The van der Waals surface area contributed by atoms with E-state index in [1.165, 1.54) is 37.1 Å². The minimum atomic E-state index is -0.00967. The molecule has 3 aromatic heterocycles. The fourth-order valence-electron chi connectivity index (χ4n) is 6.28. The monoisotopic (exact) mass is 446 g/mol. The number of hydrogen-bond acceptors (Lipinski definition) is 6. The topological polar surface area (TPSA) is 60.1 Å². The van der Waals surface area contributed by atoms with E-state index in [4.69, 9.17) is 9.97 Å². The van der Waals surface area contributed by atoms with Crippen LogP contribution in [0.3, 0.4) is 0 Å². The van der Waals surface area contributed by atoms with Crippen molar-refractivity contribution in [3.05, 3.63) is 59.2 Å². The highest BCUT2D eigenvalue weighted by Crippen LogP contribution is 2.34. The molecule has 0 radical (unpaired) electrons. The van der Waals surface area contributed by atoms with E-state index in [9.17, 15) is 5.11 Å². The first-order valence-electron chi connectivity index (χ1n) is 12.5. The zero-order valence-electron chi connectivity index (χ0n) is 19.5. The molecule has 174 valence electrons. The number of pyridine rings is 2. The van der Waals surface area contributed by atoms with E-state index in [-0.39, 0.29) is 6.61 Å².